The molecular formula is C17H12N4O2. The van der Waals surface area contributed by atoms with Crippen molar-refractivity contribution < 1.29 is 9.53 Å². The maximum atomic E-state index is 12.4. The van der Waals surface area contributed by atoms with Crippen LogP contribution in [0.5, 0.6) is 0 Å². The van der Waals surface area contributed by atoms with Gasteiger partial charge in [0.2, 0.25) is 0 Å². The summed E-state index contributed by atoms with van der Waals surface area (Å²) < 4.78 is 5.72. The summed E-state index contributed by atoms with van der Waals surface area (Å²) in [5.41, 5.74) is 2.67. The molecule has 0 saturated carbocycles. The lowest BCUT2D eigenvalue weighted by molar-refractivity contribution is 0.0177. The highest BCUT2D eigenvalue weighted by molar-refractivity contribution is 6.46. The van der Waals surface area contributed by atoms with Gasteiger partial charge >= 0.3 is 0 Å². The number of rotatable bonds is 0. The minimum atomic E-state index is -0.318. The lowest BCUT2D eigenvalue weighted by Crippen LogP contribution is -2.19. The molecule has 5 rings (SSSR count). The quantitative estimate of drug-likeness (QED) is 0.739. The van der Waals surface area contributed by atoms with E-state index in [0.29, 0.717) is 11.3 Å². The zero-order chi connectivity index (χ0) is 15.6. The van der Waals surface area contributed by atoms with Crippen LogP contribution < -0.4 is 0 Å². The second kappa shape index (κ2) is 5.57. The summed E-state index contributed by atoms with van der Waals surface area (Å²) in [6.07, 6.45) is 8.70. The molecule has 2 bridgehead atoms. The molecule has 1 amide bonds. The fourth-order valence-electron chi connectivity index (χ4n) is 2.53. The van der Waals surface area contributed by atoms with Gasteiger partial charge < -0.3 is 4.74 Å². The Bertz CT molecular complexity index is 851. The van der Waals surface area contributed by atoms with E-state index in [9.17, 15) is 4.79 Å². The molecule has 4 heterocycles. The Hall–Kier alpha value is -3.15. The van der Waals surface area contributed by atoms with E-state index in [0.717, 1.165) is 23.3 Å². The molecule has 4 aliphatic rings. The van der Waals surface area contributed by atoms with Crippen molar-refractivity contribution >= 4 is 30.3 Å². The van der Waals surface area contributed by atoms with Gasteiger partial charge in [-0.15, -0.1) is 5.10 Å². The molecule has 112 valence electrons. The number of benzene rings is 1. The third-order valence-electron chi connectivity index (χ3n) is 3.74. The van der Waals surface area contributed by atoms with E-state index >= 15 is 0 Å². The zero-order valence-corrected chi connectivity index (χ0v) is 12.1. The van der Waals surface area contributed by atoms with Gasteiger partial charge in [-0.25, -0.2) is 4.99 Å². The van der Waals surface area contributed by atoms with Crippen molar-refractivity contribution in [2.75, 3.05) is 0 Å². The molecule has 1 fully saturated rings. The van der Waals surface area contributed by atoms with Crippen molar-refractivity contribution in [3.8, 4) is 0 Å². The lowest BCUT2D eigenvalue weighted by atomic mass is 9.96. The molecule has 1 saturated heterocycles. The fraction of sp³-hybridized carbons (Fsp3) is 0.118. The van der Waals surface area contributed by atoms with Gasteiger partial charge in [-0.1, -0.05) is 18.2 Å². The van der Waals surface area contributed by atoms with Gasteiger partial charge in [-0.3, -0.25) is 9.79 Å². The standard InChI is InChI=1S/C17H12N4O2/c22-17-14-4-2-1-3-13(14)16-7-12(23-16)9-18-6-5-11-8-20-21-15(11)10-19-17/h1-6,8-10,16H,7H2/b11-5-,12-9+,18-6+,19-10-. The van der Waals surface area contributed by atoms with Crippen LogP contribution in [0.2, 0.25) is 0 Å². The van der Waals surface area contributed by atoms with E-state index in [1.807, 2.05) is 18.2 Å². The van der Waals surface area contributed by atoms with Crippen molar-refractivity contribution in [1.82, 2.24) is 0 Å². The van der Waals surface area contributed by atoms with E-state index < -0.39 is 0 Å². The first-order valence-electron chi connectivity index (χ1n) is 7.19. The van der Waals surface area contributed by atoms with Crippen LogP contribution in [-0.4, -0.2) is 30.3 Å². The number of hydrogen-bond acceptors (Lipinski definition) is 5. The molecule has 23 heavy (non-hydrogen) atoms. The minimum Gasteiger partial charge on any atom is -0.488 e. The number of fused-ring (bicyclic) bond motifs is 3. The van der Waals surface area contributed by atoms with Gasteiger partial charge in [0.1, 0.15) is 17.6 Å². The molecule has 0 spiro atoms. The highest BCUT2D eigenvalue weighted by Crippen LogP contribution is 2.39. The van der Waals surface area contributed by atoms with Crippen LogP contribution in [0.15, 0.2) is 68.1 Å². The number of hydrogen-bond donors (Lipinski definition) is 0. The van der Waals surface area contributed by atoms with Crippen LogP contribution in [0.25, 0.3) is 0 Å². The highest BCUT2D eigenvalue weighted by Gasteiger charge is 2.30. The first-order chi connectivity index (χ1) is 11.3. The first-order valence-corrected chi connectivity index (χ1v) is 7.19. The Balaban J connectivity index is 1.77. The third-order valence-corrected chi connectivity index (χ3v) is 3.74. The molecule has 0 radical (unpaired) electrons. The van der Waals surface area contributed by atoms with Crippen LogP contribution in [0.1, 0.15) is 28.4 Å². The van der Waals surface area contributed by atoms with Gasteiger partial charge in [-0.05, 0) is 12.1 Å². The van der Waals surface area contributed by atoms with E-state index in [4.69, 9.17) is 4.74 Å². The van der Waals surface area contributed by atoms with Crippen molar-refractivity contribution in [3.63, 3.8) is 0 Å². The zero-order valence-electron chi connectivity index (χ0n) is 12.1. The Kier molecular flexibility index (Phi) is 3.27. The van der Waals surface area contributed by atoms with Gasteiger partial charge in [0.25, 0.3) is 5.91 Å². The van der Waals surface area contributed by atoms with Crippen LogP contribution in [0, 0.1) is 0 Å². The molecule has 0 aliphatic carbocycles. The number of aliphatic imine (C=N–C) groups is 2. The molecule has 1 atom stereocenters. The second-order valence-electron chi connectivity index (χ2n) is 5.21. The van der Waals surface area contributed by atoms with Gasteiger partial charge in [0.15, 0.2) is 0 Å². The lowest BCUT2D eigenvalue weighted by Gasteiger charge is -2.31. The largest absolute Gasteiger partial charge is 0.488 e. The summed E-state index contributed by atoms with van der Waals surface area (Å²) in [7, 11) is 0. The van der Waals surface area contributed by atoms with Gasteiger partial charge in [-0.2, -0.15) is 5.10 Å². The summed E-state index contributed by atoms with van der Waals surface area (Å²) in [6.45, 7) is 0. The predicted octanol–water partition coefficient (Wildman–Crippen LogP) is 2.65. The van der Waals surface area contributed by atoms with Crippen LogP contribution in [-0.2, 0) is 4.74 Å². The van der Waals surface area contributed by atoms with Crippen LogP contribution in [0.3, 0.4) is 0 Å². The number of carbonyl (C=O) groups is 1. The van der Waals surface area contributed by atoms with Crippen LogP contribution in [0.4, 0.5) is 0 Å². The van der Waals surface area contributed by atoms with Crippen molar-refractivity contribution in [2.24, 2.45) is 20.2 Å². The SMILES string of the molecule is O=C1/N=C\C2=NN=C/C2=C/C=N/C=C2\CC(O2)c2ccccc21. The maximum absolute atomic E-state index is 12.4. The van der Waals surface area contributed by atoms with Crippen molar-refractivity contribution in [2.45, 2.75) is 12.5 Å². The smallest absolute Gasteiger partial charge is 0.277 e. The summed E-state index contributed by atoms with van der Waals surface area (Å²) in [5.74, 6) is 0.475. The Morgan fingerprint density at radius 3 is 2.96 bits per heavy atom. The number of carbonyl (C=O) groups excluding carboxylic acids is 1. The van der Waals surface area contributed by atoms with Crippen LogP contribution >= 0.6 is 0 Å². The molecule has 1 unspecified atom stereocenters. The Morgan fingerprint density at radius 1 is 1.17 bits per heavy atom. The Labute approximate surface area is 132 Å². The predicted molar refractivity (Wildman–Crippen MR) is 88.3 cm³/mol. The van der Waals surface area contributed by atoms with Crippen molar-refractivity contribution in [3.05, 3.63) is 59.0 Å². The summed E-state index contributed by atoms with van der Waals surface area (Å²) in [5, 5.41) is 7.80. The number of amides is 1. The highest BCUT2D eigenvalue weighted by atomic mass is 16.5. The summed E-state index contributed by atoms with van der Waals surface area (Å²) in [4.78, 5) is 20.6. The van der Waals surface area contributed by atoms with E-state index in [1.165, 1.54) is 6.21 Å². The third kappa shape index (κ3) is 2.55. The number of nitrogens with zero attached hydrogens (tertiary/aromatic N) is 4. The average molecular weight is 304 g/mol. The monoisotopic (exact) mass is 304 g/mol. The minimum absolute atomic E-state index is 0.131. The molecule has 6 heteroatoms. The maximum Gasteiger partial charge on any atom is 0.277 e. The molecule has 1 aromatic carbocycles. The summed E-state index contributed by atoms with van der Waals surface area (Å²) in [6, 6.07) is 7.35. The molecule has 1 aromatic rings. The Morgan fingerprint density at radius 2 is 2.04 bits per heavy atom. The molecular weight excluding hydrogens is 292 g/mol. The van der Waals surface area contributed by atoms with Crippen molar-refractivity contribution in [1.29, 1.82) is 0 Å². The molecule has 0 aromatic heterocycles. The number of ether oxygens (including phenoxy) is 1. The summed E-state index contributed by atoms with van der Waals surface area (Å²) >= 11 is 0. The van der Waals surface area contributed by atoms with Gasteiger partial charge in [0, 0.05) is 29.3 Å². The molecule has 4 aliphatic heterocycles. The topological polar surface area (TPSA) is 75.7 Å². The fourth-order valence-corrected chi connectivity index (χ4v) is 2.53. The normalized spacial score (nSPS) is 29.3. The van der Waals surface area contributed by atoms with E-state index in [-0.39, 0.29) is 12.0 Å². The second-order valence-corrected chi connectivity index (χ2v) is 5.21. The average Bonchev–Trinajstić information content (AvgIpc) is 2.97. The van der Waals surface area contributed by atoms with E-state index in [1.54, 1.807) is 30.8 Å². The molecule has 0 N–H and O–H groups in total. The van der Waals surface area contributed by atoms with E-state index in [2.05, 4.69) is 20.2 Å². The number of allylic oxidation sites excluding steroid dienone is 2. The first kappa shape index (κ1) is 13.5. The molecule has 6 nitrogen and oxygen atoms in total. The van der Waals surface area contributed by atoms with Gasteiger partial charge in [0.05, 0.1) is 18.6 Å².